The zero-order valence-electron chi connectivity index (χ0n) is 15.5. The summed E-state index contributed by atoms with van der Waals surface area (Å²) in [5.41, 5.74) is -1.60. The number of anilines is 1. The van der Waals surface area contributed by atoms with E-state index in [9.17, 15) is 24.6 Å². The average Bonchev–Trinajstić information content (AvgIpc) is 2.94. The highest BCUT2D eigenvalue weighted by Crippen LogP contribution is 2.50. The highest BCUT2D eigenvalue weighted by Gasteiger charge is 2.61. The van der Waals surface area contributed by atoms with Gasteiger partial charge in [0.2, 0.25) is 0 Å². The molecule has 1 aromatic carbocycles. The molecule has 2 aliphatic heterocycles. The first-order valence-electron chi connectivity index (χ1n) is 8.48. The van der Waals surface area contributed by atoms with Crippen molar-refractivity contribution in [3.05, 3.63) is 23.8 Å². The van der Waals surface area contributed by atoms with Crippen molar-refractivity contribution in [1.82, 2.24) is 4.90 Å². The maximum Gasteiger partial charge on any atom is 0.412 e. The SMILES string of the molecule is CC(=O)Oc1ccc2c(c1)[C@@]1(O)CC(C(=O)O)N(C(=O)OC(C)(C)C)[C@@H]1N2. The molecule has 0 aromatic heterocycles. The van der Waals surface area contributed by atoms with E-state index in [0.717, 1.165) is 4.90 Å². The summed E-state index contributed by atoms with van der Waals surface area (Å²) in [5, 5.41) is 23.8. The van der Waals surface area contributed by atoms with E-state index in [2.05, 4.69) is 5.32 Å². The molecule has 2 heterocycles. The van der Waals surface area contributed by atoms with Crippen LogP contribution in [0, 0.1) is 0 Å². The van der Waals surface area contributed by atoms with Crippen LogP contribution in [0.3, 0.4) is 0 Å². The predicted octanol–water partition coefficient (Wildman–Crippen LogP) is 1.65. The molecule has 1 fully saturated rings. The van der Waals surface area contributed by atoms with Gasteiger partial charge in [0.05, 0.1) is 0 Å². The number of nitrogens with zero attached hydrogens (tertiary/aromatic N) is 1. The fourth-order valence-corrected chi connectivity index (χ4v) is 3.50. The molecule has 1 amide bonds. The number of nitrogens with one attached hydrogen (secondary N) is 1. The molecule has 0 saturated carbocycles. The lowest BCUT2D eigenvalue weighted by Gasteiger charge is -2.31. The van der Waals surface area contributed by atoms with E-state index in [4.69, 9.17) is 9.47 Å². The van der Waals surface area contributed by atoms with Gasteiger partial charge in [0.15, 0.2) is 0 Å². The minimum Gasteiger partial charge on any atom is -0.480 e. The average molecular weight is 378 g/mol. The number of benzene rings is 1. The Bertz CT molecular complexity index is 816. The van der Waals surface area contributed by atoms with Crippen molar-refractivity contribution in [2.24, 2.45) is 0 Å². The summed E-state index contributed by atoms with van der Waals surface area (Å²) in [4.78, 5) is 36.6. The molecule has 0 radical (unpaired) electrons. The van der Waals surface area contributed by atoms with Crippen LogP contribution in [0.15, 0.2) is 18.2 Å². The molecule has 27 heavy (non-hydrogen) atoms. The number of ether oxygens (including phenoxy) is 2. The lowest BCUT2D eigenvalue weighted by atomic mass is 9.91. The van der Waals surface area contributed by atoms with Gasteiger partial charge in [-0.05, 0) is 39.0 Å². The molecule has 146 valence electrons. The third-order valence-electron chi connectivity index (χ3n) is 4.47. The molecule has 1 aromatic rings. The zero-order valence-corrected chi connectivity index (χ0v) is 15.5. The molecule has 9 heteroatoms. The second kappa shape index (κ2) is 6.12. The lowest BCUT2D eigenvalue weighted by molar-refractivity contribution is -0.142. The number of fused-ring (bicyclic) bond motifs is 3. The van der Waals surface area contributed by atoms with Gasteiger partial charge in [-0.15, -0.1) is 0 Å². The van der Waals surface area contributed by atoms with Crippen LogP contribution in [0.5, 0.6) is 5.75 Å². The number of hydrogen-bond acceptors (Lipinski definition) is 7. The van der Waals surface area contributed by atoms with Crippen LogP contribution < -0.4 is 10.1 Å². The number of aliphatic carboxylic acids is 1. The third kappa shape index (κ3) is 3.30. The van der Waals surface area contributed by atoms with Crippen LogP contribution in [-0.4, -0.2) is 51.0 Å². The Morgan fingerprint density at radius 3 is 2.52 bits per heavy atom. The van der Waals surface area contributed by atoms with Crippen LogP contribution in [0.2, 0.25) is 0 Å². The number of carboxylic acids is 1. The quantitative estimate of drug-likeness (QED) is 0.524. The minimum absolute atomic E-state index is 0.222. The number of amides is 1. The van der Waals surface area contributed by atoms with Crippen LogP contribution in [0.4, 0.5) is 10.5 Å². The number of esters is 1. The fraction of sp³-hybridized carbons (Fsp3) is 0.500. The van der Waals surface area contributed by atoms with Gasteiger partial charge >= 0.3 is 18.0 Å². The second-order valence-corrected chi connectivity index (χ2v) is 7.72. The Kier molecular flexibility index (Phi) is 4.30. The number of aliphatic hydroxyl groups is 1. The van der Waals surface area contributed by atoms with Crippen molar-refractivity contribution in [3.8, 4) is 5.75 Å². The second-order valence-electron chi connectivity index (χ2n) is 7.72. The largest absolute Gasteiger partial charge is 0.480 e. The van der Waals surface area contributed by atoms with Crippen LogP contribution >= 0.6 is 0 Å². The van der Waals surface area contributed by atoms with E-state index in [0.29, 0.717) is 11.3 Å². The Labute approximate surface area is 155 Å². The van der Waals surface area contributed by atoms with Crippen molar-refractivity contribution in [1.29, 1.82) is 0 Å². The number of carbonyl (C=O) groups is 3. The minimum atomic E-state index is -1.66. The van der Waals surface area contributed by atoms with E-state index in [1.54, 1.807) is 32.9 Å². The lowest BCUT2D eigenvalue weighted by Crippen LogP contribution is -2.51. The Balaban J connectivity index is 1.99. The first-order valence-corrected chi connectivity index (χ1v) is 8.48. The summed E-state index contributed by atoms with van der Waals surface area (Å²) in [6.45, 7) is 6.27. The molecule has 2 aliphatic rings. The first kappa shape index (κ1) is 19.0. The van der Waals surface area contributed by atoms with Crippen LogP contribution in [-0.2, 0) is 19.9 Å². The summed E-state index contributed by atoms with van der Waals surface area (Å²) >= 11 is 0. The number of likely N-dealkylation sites (tertiary alicyclic amines) is 1. The molecule has 3 atom stereocenters. The van der Waals surface area contributed by atoms with Gasteiger partial charge in [-0.3, -0.25) is 9.69 Å². The number of rotatable bonds is 2. The van der Waals surface area contributed by atoms with Crippen molar-refractivity contribution >= 4 is 23.7 Å². The van der Waals surface area contributed by atoms with E-state index in [-0.39, 0.29) is 12.2 Å². The standard InChI is InChI=1S/C18H22N2O7/c1-9(21)26-10-5-6-12-11(7-10)18(25)8-13(14(22)23)20(15(18)19-12)16(24)27-17(2,3)4/h5-7,13,15,19,25H,8H2,1-4H3,(H,22,23)/t13?,15-,18-/m0/s1. The van der Waals surface area contributed by atoms with Gasteiger partial charge in [0.1, 0.15) is 29.2 Å². The summed E-state index contributed by atoms with van der Waals surface area (Å²) < 4.78 is 10.4. The molecular weight excluding hydrogens is 356 g/mol. The number of carboxylic acid groups (broad SMARTS) is 1. The van der Waals surface area contributed by atoms with Crippen molar-refractivity contribution in [2.75, 3.05) is 5.32 Å². The highest BCUT2D eigenvalue weighted by atomic mass is 16.6. The van der Waals surface area contributed by atoms with E-state index < -0.39 is 41.4 Å². The van der Waals surface area contributed by atoms with Crippen molar-refractivity contribution < 1.29 is 34.1 Å². The van der Waals surface area contributed by atoms with Crippen molar-refractivity contribution in [2.45, 2.75) is 57.5 Å². The smallest absolute Gasteiger partial charge is 0.412 e. The molecule has 1 unspecified atom stereocenters. The summed E-state index contributed by atoms with van der Waals surface area (Å²) in [6.07, 6.45) is -2.08. The Morgan fingerprint density at radius 1 is 1.30 bits per heavy atom. The summed E-state index contributed by atoms with van der Waals surface area (Å²) in [6, 6.07) is 3.35. The normalized spacial score (nSPS) is 26.0. The molecular formula is C18H22N2O7. The summed E-state index contributed by atoms with van der Waals surface area (Å²) in [7, 11) is 0. The number of carbonyl (C=O) groups excluding carboxylic acids is 2. The molecule has 9 nitrogen and oxygen atoms in total. The van der Waals surface area contributed by atoms with Gasteiger partial charge in [0, 0.05) is 24.6 Å². The highest BCUT2D eigenvalue weighted by molar-refractivity contribution is 5.84. The van der Waals surface area contributed by atoms with Gasteiger partial charge in [-0.1, -0.05) is 0 Å². The van der Waals surface area contributed by atoms with E-state index in [1.807, 2.05) is 0 Å². The monoisotopic (exact) mass is 378 g/mol. The molecule has 3 N–H and O–H groups in total. The molecule has 3 rings (SSSR count). The number of hydrogen-bond donors (Lipinski definition) is 3. The fourth-order valence-electron chi connectivity index (χ4n) is 3.50. The van der Waals surface area contributed by atoms with Gasteiger partial charge < -0.3 is 25.0 Å². The maximum atomic E-state index is 12.6. The van der Waals surface area contributed by atoms with Gasteiger partial charge in [-0.25, -0.2) is 9.59 Å². The third-order valence-corrected chi connectivity index (χ3v) is 4.47. The van der Waals surface area contributed by atoms with Crippen LogP contribution in [0.1, 0.15) is 39.7 Å². The molecule has 0 bridgehead atoms. The van der Waals surface area contributed by atoms with Gasteiger partial charge in [0.25, 0.3) is 0 Å². The first-order chi connectivity index (χ1) is 12.4. The molecule has 0 aliphatic carbocycles. The Hall–Kier alpha value is -2.81. The molecule has 0 spiro atoms. The molecule has 1 saturated heterocycles. The topological polar surface area (TPSA) is 125 Å². The van der Waals surface area contributed by atoms with E-state index in [1.165, 1.54) is 13.0 Å². The van der Waals surface area contributed by atoms with Crippen LogP contribution in [0.25, 0.3) is 0 Å². The van der Waals surface area contributed by atoms with Crippen molar-refractivity contribution in [3.63, 3.8) is 0 Å². The predicted molar refractivity (Wildman–Crippen MR) is 93.2 cm³/mol. The maximum absolute atomic E-state index is 12.6. The van der Waals surface area contributed by atoms with E-state index >= 15 is 0 Å². The zero-order chi connectivity index (χ0) is 20.1. The summed E-state index contributed by atoms with van der Waals surface area (Å²) in [5.74, 6) is -1.54. The van der Waals surface area contributed by atoms with Gasteiger partial charge in [-0.2, -0.15) is 0 Å². The Morgan fingerprint density at radius 2 is 1.96 bits per heavy atom.